The van der Waals surface area contributed by atoms with E-state index in [0.717, 1.165) is 28.7 Å². The number of hydrogen-bond donors (Lipinski definition) is 0. The molecule has 4 heteroatoms. The predicted octanol–water partition coefficient (Wildman–Crippen LogP) is 5.70. The Morgan fingerprint density at radius 3 is 2.70 bits per heavy atom. The van der Waals surface area contributed by atoms with Crippen molar-refractivity contribution in [2.75, 3.05) is 0 Å². The van der Waals surface area contributed by atoms with Crippen LogP contribution in [0.3, 0.4) is 0 Å². The summed E-state index contributed by atoms with van der Waals surface area (Å²) < 4.78 is 8.22. The summed E-state index contributed by atoms with van der Waals surface area (Å²) in [7, 11) is 0. The van der Waals surface area contributed by atoms with E-state index in [4.69, 9.17) is 9.72 Å². The van der Waals surface area contributed by atoms with Gasteiger partial charge in [0.25, 0.3) is 0 Å². The van der Waals surface area contributed by atoms with Crippen molar-refractivity contribution in [3.8, 4) is 0 Å². The molecule has 154 valence electrons. The lowest BCUT2D eigenvalue weighted by Gasteiger charge is -2.15. The molecule has 4 rings (SSSR count). The molecule has 0 fully saturated rings. The number of rotatable bonds is 8. The van der Waals surface area contributed by atoms with Gasteiger partial charge in [0.2, 0.25) is 0 Å². The summed E-state index contributed by atoms with van der Waals surface area (Å²) in [6.07, 6.45) is 4.82. The highest BCUT2D eigenvalue weighted by Gasteiger charge is 2.10. The van der Waals surface area contributed by atoms with Gasteiger partial charge in [0.15, 0.2) is 0 Å². The van der Waals surface area contributed by atoms with E-state index in [9.17, 15) is 0 Å². The Bertz CT molecular complexity index is 1130. The molecule has 0 saturated heterocycles. The van der Waals surface area contributed by atoms with Crippen molar-refractivity contribution in [2.45, 2.75) is 47.0 Å². The molecular weight excluding hydrogens is 370 g/mol. The van der Waals surface area contributed by atoms with Crippen LogP contribution in [0.25, 0.3) is 10.9 Å². The smallest absolute Gasteiger partial charge is 0.0952 e. The first-order chi connectivity index (χ1) is 14.6. The van der Waals surface area contributed by atoms with Gasteiger partial charge in [0, 0.05) is 5.39 Å². The molecule has 0 amide bonds. The molecule has 0 aliphatic heterocycles. The van der Waals surface area contributed by atoms with Crippen LogP contribution in [0, 0.1) is 12.8 Å². The highest BCUT2D eigenvalue weighted by Crippen LogP contribution is 2.20. The molecular formula is C26H29N3O. The van der Waals surface area contributed by atoms with Gasteiger partial charge in [-0.15, -0.1) is 0 Å². The number of nitrogens with zero attached hydrogens (tertiary/aromatic N) is 3. The van der Waals surface area contributed by atoms with Crippen LogP contribution in [-0.2, 0) is 30.9 Å². The van der Waals surface area contributed by atoms with E-state index in [0.29, 0.717) is 25.7 Å². The van der Waals surface area contributed by atoms with E-state index < -0.39 is 0 Å². The first-order valence-electron chi connectivity index (χ1n) is 10.6. The summed E-state index contributed by atoms with van der Waals surface area (Å²) in [5.74, 6) is 0.626. The fourth-order valence-electron chi connectivity index (χ4n) is 3.85. The van der Waals surface area contributed by atoms with Gasteiger partial charge < -0.3 is 9.30 Å². The van der Waals surface area contributed by atoms with E-state index in [1.807, 2.05) is 30.7 Å². The normalized spacial score (nSPS) is 11.5. The molecule has 0 atom stereocenters. The number of hydrogen-bond acceptors (Lipinski definition) is 3. The number of pyridine rings is 1. The van der Waals surface area contributed by atoms with Crippen LogP contribution in [-0.4, -0.2) is 14.5 Å². The van der Waals surface area contributed by atoms with E-state index in [1.54, 1.807) is 0 Å². The molecule has 4 nitrogen and oxygen atoms in total. The number of fused-ring (bicyclic) bond motifs is 1. The average Bonchev–Trinajstić information content (AvgIpc) is 3.17. The van der Waals surface area contributed by atoms with Crippen LogP contribution in [0.4, 0.5) is 0 Å². The molecule has 0 unspecified atom stereocenters. The SMILES string of the molecule is Cc1cccc(COCc2cncn2Cc2ccc3ccccc3n2)c1CC(C)C. The van der Waals surface area contributed by atoms with Gasteiger partial charge in [-0.1, -0.05) is 56.3 Å². The highest BCUT2D eigenvalue weighted by molar-refractivity contribution is 5.78. The maximum absolute atomic E-state index is 6.11. The van der Waals surface area contributed by atoms with Gasteiger partial charge in [-0.05, 0) is 48.1 Å². The van der Waals surface area contributed by atoms with Crippen molar-refractivity contribution in [1.29, 1.82) is 0 Å². The molecule has 2 aromatic carbocycles. The zero-order chi connectivity index (χ0) is 20.9. The zero-order valence-electron chi connectivity index (χ0n) is 18.0. The number of aryl methyl sites for hydroxylation is 1. The lowest BCUT2D eigenvalue weighted by molar-refractivity contribution is 0.102. The Morgan fingerprint density at radius 2 is 1.83 bits per heavy atom. The van der Waals surface area contributed by atoms with Crippen LogP contribution >= 0.6 is 0 Å². The van der Waals surface area contributed by atoms with Crippen LogP contribution in [0.1, 0.15) is 41.9 Å². The number of ether oxygens (including phenoxy) is 1. The second kappa shape index (κ2) is 9.23. The third-order valence-corrected chi connectivity index (χ3v) is 5.41. The summed E-state index contributed by atoms with van der Waals surface area (Å²) in [5.41, 5.74) is 7.14. The lowest BCUT2D eigenvalue weighted by atomic mass is 9.94. The average molecular weight is 400 g/mol. The minimum atomic E-state index is 0.530. The first kappa shape index (κ1) is 20.3. The first-order valence-corrected chi connectivity index (χ1v) is 10.6. The Balaban J connectivity index is 1.42. The maximum atomic E-state index is 6.11. The Hall–Kier alpha value is -2.98. The summed E-state index contributed by atoms with van der Waals surface area (Å²) in [4.78, 5) is 9.11. The molecule has 0 spiro atoms. The largest absolute Gasteiger partial charge is 0.370 e. The Kier molecular flexibility index (Phi) is 6.24. The molecule has 0 bridgehead atoms. The minimum Gasteiger partial charge on any atom is -0.370 e. The molecule has 30 heavy (non-hydrogen) atoms. The van der Waals surface area contributed by atoms with Crippen LogP contribution in [0.15, 0.2) is 67.1 Å². The number of imidazole rings is 1. The van der Waals surface area contributed by atoms with Crippen LogP contribution in [0.2, 0.25) is 0 Å². The predicted molar refractivity (Wildman–Crippen MR) is 121 cm³/mol. The molecule has 2 heterocycles. The summed E-state index contributed by atoms with van der Waals surface area (Å²) in [6, 6.07) is 18.9. The number of aromatic nitrogens is 3. The fraction of sp³-hybridized carbons (Fsp3) is 0.308. The van der Waals surface area contributed by atoms with Gasteiger partial charge >= 0.3 is 0 Å². The minimum absolute atomic E-state index is 0.530. The summed E-state index contributed by atoms with van der Waals surface area (Å²) in [6.45, 7) is 8.54. The summed E-state index contributed by atoms with van der Waals surface area (Å²) in [5, 5.41) is 1.16. The monoisotopic (exact) mass is 399 g/mol. The molecule has 4 aromatic rings. The molecule has 0 aliphatic carbocycles. The Morgan fingerprint density at radius 1 is 0.967 bits per heavy atom. The standard InChI is InChI=1S/C26H29N3O/c1-19(2)13-25-20(3)7-6-9-22(25)16-30-17-24-14-27-18-29(24)15-23-12-11-21-8-4-5-10-26(21)28-23/h4-12,14,18-19H,13,15-17H2,1-3H3. The van der Waals surface area contributed by atoms with Gasteiger partial charge in [0.1, 0.15) is 0 Å². The van der Waals surface area contributed by atoms with E-state index in [-0.39, 0.29) is 0 Å². The third-order valence-electron chi connectivity index (χ3n) is 5.41. The molecule has 0 saturated carbocycles. The van der Waals surface area contributed by atoms with Crippen LogP contribution < -0.4 is 0 Å². The number of benzene rings is 2. The fourth-order valence-corrected chi connectivity index (χ4v) is 3.85. The third kappa shape index (κ3) is 4.77. The molecule has 0 radical (unpaired) electrons. The van der Waals surface area contributed by atoms with E-state index >= 15 is 0 Å². The lowest BCUT2D eigenvalue weighted by Crippen LogP contribution is -2.08. The van der Waals surface area contributed by atoms with Crippen molar-refractivity contribution in [3.63, 3.8) is 0 Å². The van der Waals surface area contributed by atoms with E-state index in [1.165, 1.54) is 16.7 Å². The summed E-state index contributed by atoms with van der Waals surface area (Å²) >= 11 is 0. The topological polar surface area (TPSA) is 39.9 Å². The van der Waals surface area contributed by atoms with Crippen molar-refractivity contribution >= 4 is 10.9 Å². The highest BCUT2D eigenvalue weighted by atomic mass is 16.5. The molecule has 0 aliphatic rings. The van der Waals surface area contributed by atoms with Crippen LogP contribution in [0.5, 0.6) is 0 Å². The Labute approximate surface area is 178 Å². The van der Waals surface area contributed by atoms with Gasteiger partial charge in [-0.3, -0.25) is 4.98 Å². The van der Waals surface area contributed by atoms with Crippen molar-refractivity contribution in [3.05, 3.63) is 95.2 Å². The van der Waals surface area contributed by atoms with Crippen molar-refractivity contribution in [2.24, 2.45) is 5.92 Å². The second-order valence-corrected chi connectivity index (χ2v) is 8.31. The number of para-hydroxylation sites is 1. The molecule has 0 N–H and O–H groups in total. The zero-order valence-corrected chi connectivity index (χ0v) is 18.0. The maximum Gasteiger partial charge on any atom is 0.0952 e. The van der Waals surface area contributed by atoms with Crippen molar-refractivity contribution in [1.82, 2.24) is 14.5 Å². The quantitative estimate of drug-likeness (QED) is 0.381. The molecule has 2 aromatic heterocycles. The van der Waals surface area contributed by atoms with Gasteiger partial charge in [-0.25, -0.2) is 4.98 Å². The van der Waals surface area contributed by atoms with Gasteiger partial charge in [0.05, 0.1) is 49.2 Å². The van der Waals surface area contributed by atoms with Gasteiger partial charge in [-0.2, -0.15) is 0 Å². The van der Waals surface area contributed by atoms with E-state index in [2.05, 4.69) is 66.7 Å². The van der Waals surface area contributed by atoms with Crippen molar-refractivity contribution < 1.29 is 4.74 Å². The second-order valence-electron chi connectivity index (χ2n) is 8.31.